The topological polar surface area (TPSA) is 56.1 Å². The third kappa shape index (κ3) is 2.73. The van der Waals surface area contributed by atoms with Crippen LogP contribution in [0.5, 0.6) is 0 Å². The summed E-state index contributed by atoms with van der Waals surface area (Å²) in [6.07, 6.45) is -4.62. The number of nitriles is 1. The Morgan fingerprint density at radius 1 is 1.22 bits per heavy atom. The molecule has 3 rings (SSSR count). The molecule has 1 aliphatic rings. The molecule has 1 atom stereocenters. The van der Waals surface area contributed by atoms with Crippen molar-refractivity contribution in [2.24, 2.45) is 0 Å². The van der Waals surface area contributed by atoms with Crippen molar-refractivity contribution >= 4 is 16.7 Å². The van der Waals surface area contributed by atoms with E-state index in [2.05, 4.69) is 5.43 Å². The molecule has 118 valence electrons. The smallest absolute Gasteiger partial charge is 0.288 e. The number of fused-ring (bicyclic) bond motifs is 1. The van der Waals surface area contributed by atoms with Crippen molar-refractivity contribution in [3.8, 4) is 6.07 Å². The Labute approximate surface area is 130 Å². The van der Waals surface area contributed by atoms with Crippen molar-refractivity contribution in [1.29, 1.82) is 5.26 Å². The van der Waals surface area contributed by atoms with Gasteiger partial charge in [-0.15, -0.1) is 0 Å². The number of halogens is 3. The van der Waals surface area contributed by atoms with Crippen molar-refractivity contribution in [2.45, 2.75) is 18.6 Å². The lowest BCUT2D eigenvalue weighted by Crippen LogP contribution is -2.44. The summed E-state index contributed by atoms with van der Waals surface area (Å²) in [5.74, 6) is -0.460. The van der Waals surface area contributed by atoms with Gasteiger partial charge >= 0.3 is 6.18 Å². The van der Waals surface area contributed by atoms with Crippen molar-refractivity contribution < 1.29 is 18.0 Å². The molecule has 0 radical (unpaired) electrons. The van der Waals surface area contributed by atoms with Crippen LogP contribution in [0.1, 0.15) is 23.6 Å². The molecule has 0 bridgehead atoms. The minimum atomic E-state index is -4.62. The van der Waals surface area contributed by atoms with Crippen molar-refractivity contribution in [3.63, 3.8) is 0 Å². The number of nitrogens with zero attached hydrogens (tertiary/aromatic N) is 2. The van der Waals surface area contributed by atoms with Gasteiger partial charge in [-0.1, -0.05) is 36.4 Å². The quantitative estimate of drug-likeness (QED) is 0.925. The summed E-state index contributed by atoms with van der Waals surface area (Å²) in [6.45, 7) is -0.0549. The number of benzene rings is 2. The maximum atomic E-state index is 13.6. The lowest BCUT2D eigenvalue weighted by molar-refractivity contribution is -0.191. The van der Waals surface area contributed by atoms with Crippen LogP contribution in [0.3, 0.4) is 0 Å². The Balaban J connectivity index is 2.18. The van der Waals surface area contributed by atoms with Gasteiger partial charge in [0.05, 0.1) is 5.56 Å². The average Bonchev–Trinajstić information content (AvgIpc) is 2.91. The summed E-state index contributed by atoms with van der Waals surface area (Å²) in [7, 11) is 0. The summed E-state index contributed by atoms with van der Waals surface area (Å²) in [6, 6.07) is 9.49. The lowest BCUT2D eigenvalue weighted by atomic mass is 9.94. The van der Waals surface area contributed by atoms with E-state index in [0.717, 1.165) is 5.01 Å². The molecule has 1 fully saturated rings. The van der Waals surface area contributed by atoms with E-state index >= 15 is 0 Å². The van der Waals surface area contributed by atoms with Gasteiger partial charge in [0.25, 0.3) is 0 Å². The SMILES string of the molecule is N#Cc1c(C(N2CCC(=O)N2)C(F)(F)F)ccc2ccccc12. The zero-order chi connectivity index (χ0) is 16.6. The van der Waals surface area contributed by atoms with Gasteiger partial charge in [0.2, 0.25) is 5.91 Å². The molecule has 1 N–H and O–H groups in total. The third-order valence-electron chi connectivity index (χ3n) is 3.84. The van der Waals surface area contributed by atoms with Crippen LogP contribution in [0, 0.1) is 11.3 Å². The number of hydrogen-bond acceptors (Lipinski definition) is 3. The fourth-order valence-corrected chi connectivity index (χ4v) is 2.85. The molecule has 0 spiro atoms. The van der Waals surface area contributed by atoms with Gasteiger partial charge < -0.3 is 0 Å². The molecular weight excluding hydrogens is 307 g/mol. The zero-order valence-electron chi connectivity index (χ0n) is 11.9. The maximum Gasteiger partial charge on any atom is 0.409 e. The maximum absolute atomic E-state index is 13.6. The van der Waals surface area contributed by atoms with Crippen LogP contribution in [-0.4, -0.2) is 23.6 Å². The van der Waals surface area contributed by atoms with E-state index in [9.17, 15) is 23.2 Å². The Bertz CT molecular complexity index is 810. The van der Waals surface area contributed by atoms with Gasteiger partial charge in [0.1, 0.15) is 6.07 Å². The highest BCUT2D eigenvalue weighted by Crippen LogP contribution is 2.40. The monoisotopic (exact) mass is 319 g/mol. The van der Waals surface area contributed by atoms with Crippen LogP contribution in [0.25, 0.3) is 10.8 Å². The highest BCUT2D eigenvalue weighted by atomic mass is 19.4. The van der Waals surface area contributed by atoms with Gasteiger partial charge in [-0.2, -0.15) is 18.4 Å². The molecule has 4 nitrogen and oxygen atoms in total. The predicted octanol–water partition coefficient (Wildman–Crippen LogP) is 3.05. The number of carbonyl (C=O) groups is 1. The lowest BCUT2D eigenvalue weighted by Gasteiger charge is -2.30. The second-order valence-corrected chi connectivity index (χ2v) is 5.29. The van der Waals surface area contributed by atoms with Crippen molar-refractivity contribution in [2.75, 3.05) is 6.54 Å². The van der Waals surface area contributed by atoms with Crippen LogP contribution in [0.4, 0.5) is 13.2 Å². The summed E-state index contributed by atoms with van der Waals surface area (Å²) in [4.78, 5) is 11.3. The molecule has 1 unspecified atom stereocenters. The third-order valence-corrected chi connectivity index (χ3v) is 3.84. The molecule has 0 aliphatic carbocycles. The van der Waals surface area contributed by atoms with Gasteiger partial charge in [-0.3, -0.25) is 10.2 Å². The van der Waals surface area contributed by atoms with Crippen LogP contribution in [0.2, 0.25) is 0 Å². The molecule has 23 heavy (non-hydrogen) atoms. The number of amides is 1. The molecule has 2 aromatic rings. The van der Waals surface area contributed by atoms with Crippen LogP contribution < -0.4 is 5.43 Å². The largest absolute Gasteiger partial charge is 0.409 e. The predicted molar refractivity (Wildman–Crippen MR) is 76.9 cm³/mol. The molecule has 1 saturated heterocycles. The van der Waals surface area contributed by atoms with Crippen molar-refractivity contribution in [3.05, 3.63) is 47.5 Å². The molecule has 7 heteroatoms. The second-order valence-electron chi connectivity index (χ2n) is 5.29. The first-order chi connectivity index (χ1) is 10.9. The fourth-order valence-electron chi connectivity index (χ4n) is 2.85. The Morgan fingerprint density at radius 3 is 2.57 bits per heavy atom. The van der Waals surface area contributed by atoms with E-state index in [0.29, 0.717) is 10.8 Å². The first-order valence-electron chi connectivity index (χ1n) is 6.96. The summed E-state index contributed by atoms with van der Waals surface area (Å²) in [5, 5.41) is 11.4. The number of rotatable bonds is 2. The molecule has 2 aromatic carbocycles. The summed E-state index contributed by atoms with van der Waals surface area (Å²) >= 11 is 0. The molecule has 1 aliphatic heterocycles. The Morgan fingerprint density at radius 2 is 1.96 bits per heavy atom. The standard InChI is InChI=1S/C16H12F3N3O/c17-16(18,19)15(22-8-7-14(23)21-22)12-6-5-10-3-1-2-4-11(10)13(12)9-20/h1-6,15H,7-8H2,(H,21,23). The summed E-state index contributed by atoms with van der Waals surface area (Å²) < 4.78 is 40.8. The van der Waals surface area contributed by atoms with E-state index in [-0.39, 0.29) is 24.1 Å². The Hall–Kier alpha value is -2.59. The highest BCUT2D eigenvalue weighted by molar-refractivity contribution is 5.89. The van der Waals surface area contributed by atoms with E-state index < -0.39 is 18.1 Å². The van der Waals surface area contributed by atoms with E-state index in [4.69, 9.17) is 0 Å². The first-order valence-corrected chi connectivity index (χ1v) is 6.96. The molecule has 1 heterocycles. The fraction of sp³-hybridized carbons (Fsp3) is 0.250. The molecule has 1 amide bonds. The van der Waals surface area contributed by atoms with E-state index in [1.54, 1.807) is 30.3 Å². The molecular formula is C16H12F3N3O. The highest BCUT2D eigenvalue weighted by Gasteiger charge is 2.48. The van der Waals surface area contributed by atoms with Gasteiger partial charge in [-0.25, -0.2) is 5.01 Å². The average molecular weight is 319 g/mol. The van der Waals surface area contributed by atoms with Gasteiger partial charge in [0, 0.05) is 13.0 Å². The first kappa shape index (κ1) is 15.3. The van der Waals surface area contributed by atoms with Gasteiger partial charge in [-0.05, 0) is 16.3 Å². The van der Waals surface area contributed by atoms with Crippen LogP contribution >= 0.6 is 0 Å². The van der Waals surface area contributed by atoms with E-state index in [1.807, 2.05) is 6.07 Å². The van der Waals surface area contributed by atoms with Crippen molar-refractivity contribution in [1.82, 2.24) is 10.4 Å². The number of carbonyl (C=O) groups excluding carboxylic acids is 1. The second kappa shape index (κ2) is 5.56. The van der Waals surface area contributed by atoms with Crippen LogP contribution in [0.15, 0.2) is 36.4 Å². The minimum absolute atomic E-state index is 0.00203. The zero-order valence-corrected chi connectivity index (χ0v) is 11.9. The van der Waals surface area contributed by atoms with Crippen LogP contribution in [-0.2, 0) is 4.79 Å². The number of nitrogens with one attached hydrogen (secondary N) is 1. The minimum Gasteiger partial charge on any atom is -0.288 e. The normalized spacial score (nSPS) is 17.0. The number of hydrogen-bond donors (Lipinski definition) is 1. The van der Waals surface area contributed by atoms with Gasteiger partial charge in [0.15, 0.2) is 6.04 Å². The number of hydrazine groups is 1. The number of alkyl halides is 3. The molecule has 0 aromatic heterocycles. The summed E-state index contributed by atoms with van der Waals surface area (Å²) in [5.41, 5.74) is 2.05. The molecule has 0 saturated carbocycles. The Kier molecular flexibility index (Phi) is 3.70. The van der Waals surface area contributed by atoms with E-state index in [1.165, 1.54) is 6.07 Å².